The second-order valence-electron chi connectivity index (χ2n) is 6.18. The summed E-state index contributed by atoms with van der Waals surface area (Å²) >= 11 is 6.08. The van der Waals surface area contributed by atoms with Gasteiger partial charge in [-0.15, -0.1) is 0 Å². The molecule has 0 saturated carbocycles. The SMILES string of the molecule is COc1cn(-c2ccccc2)nc1C(=O)O[C@H](C)C(=O)NCc1ccccc1Cl. The Morgan fingerprint density at radius 1 is 1.14 bits per heavy atom. The van der Waals surface area contributed by atoms with Crippen LogP contribution < -0.4 is 10.1 Å². The van der Waals surface area contributed by atoms with Gasteiger partial charge in [-0.05, 0) is 30.7 Å². The molecule has 1 heterocycles. The predicted molar refractivity (Wildman–Crippen MR) is 108 cm³/mol. The molecule has 0 bridgehead atoms. The van der Waals surface area contributed by atoms with E-state index in [9.17, 15) is 9.59 Å². The molecule has 1 amide bonds. The van der Waals surface area contributed by atoms with Crippen LogP contribution in [0.2, 0.25) is 5.02 Å². The number of nitrogens with zero attached hydrogens (tertiary/aromatic N) is 2. The molecule has 1 N–H and O–H groups in total. The lowest BCUT2D eigenvalue weighted by Crippen LogP contribution is -2.35. The number of ether oxygens (including phenoxy) is 2. The maximum atomic E-state index is 12.5. The number of aromatic nitrogens is 2. The molecule has 3 aromatic rings. The summed E-state index contributed by atoms with van der Waals surface area (Å²) in [6.45, 7) is 1.72. The molecule has 0 aliphatic rings. The number of amides is 1. The molecule has 8 heteroatoms. The molecule has 0 fully saturated rings. The van der Waals surface area contributed by atoms with Crippen molar-refractivity contribution in [2.75, 3.05) is 7.11 Å². The first-order valence-electron chi connectivity index (χ1n) is 8.90. The van der Waals surface area contributed by atoms with E-state index in [0.717, 1.165) is 11.3 Å². The standard InChI is InChI=1S/C21H20ClN3O4/c1-14(20(26)23-12-15-8-6-7-11-17(15)22)29-21(27)19-18(28-2)13-25(24-19)16-9-4-3-5-10-16/h3-11,13-14H,12H2,1-2H3,(H,23,26)/t14-/m1/s1. The lowest BCUT2D eigenvalue weighted by Gasteiger charge is -2.13. The summed E-state index contributed by atoms with van der Waals surface area (Å²) in [5.41, 5.74) is 1.52. The van der Waals surface area contributed by atoms with Gasteiger partial charge in [-0.25, -0.2) is 9.48 Å². The van der Waals surface area contributed by atoms with E-state index in [4.69, 9.17) is 21.1 Å². The van der Waals surface area contributed by atoms with Crippen LogP contribution in [0, 0.1) is 0 Å². The van der Waals surface area contributed by atoms with Gasteiger partial charge < -0.3 is 14.8 Å². The van der Waals surface area contributed by atoms with Crippen LogP contribution in [0.1, 0.15) is 23.0 Å². The van der Waals surface area contributed by atoms with Gasteiger partial charge in [-0.2, -0.15) is 5.10 Å². The highest BCUT2D eigenvalue weighted by molar-refractivity contribution is 6.31. The number of benzene rings is 2. The monoisotopic (exact) mass is 413 g/mol. The highest BCUT2D eigenvalue weighted by Gasteiger charge is 2.24. The third kappa shape index (κ3) is 4.94. The molecule has 0 aliphatic heterocycles. The third-order valence-electron chi connectivity index (χ3n) is 4.18. The van der Waals surface area contributed by atoms with E-state index in [-0.39, 0.29) is 18.0 Å². The van der Waals surface area contributed by atoms with Crippen LogP contribution in [0.4, 0.5) is 0 Å². The van der Waals surface area contributed by atoms with Crippen molar-refractivity contribution in [1.29, 1.82) is 0 Å². The summed E-state index contributed by atoms with van der Waals surface area (Å²) in [5, 5.41) is 7.48. The number of esters is 1. The van der Waals surface area contributed by atoms with Crippen LogP contribution in [0.3, 0.4) is 0 Å². The van der Waals surface area contributed by atoms with Gasteiger partial charge in [0.15, 0.2) is 11.9 Å². The van der Waals surface area contributed by atoms with E-state index >= 15 is 0 Å². The van der Waals surface area contributed by atoms with Crippen molar-refractivity contribution in [2.24, 2.45) is 0 Å². The lowest BCUT2D eigenvalue weighted by atomic mass is 10.2. The molecule has 0 radical (unpaired) electrons. The third-order valence-corrected chi connectivity index (χ3v) is 4.55. The maximum Gasteiger partial charge on any atom is 0.363 e. The molecule has 0 spiro atoms. The van der Waals surface area contributed by atoms with E-state index in [0.29, 0.717) is 5.02 Å². The summed E-state index contributed by atoms with van der Waals surface area (Å²) in [5.74, 6) is -0.945. The van der Waals surface area contributed by atoms with E-state index < -0.39 is 18.0 Å². The van der Waals surface area contributed by atoms with Crippen molar-refractivity contribution in [3.63, 3.8) is 0 Å². The molecule has 3 rings (SSSR count). The van der Waals surface area contributed by atoms with Crippen LogP contribution in [-0.4, -0.2) is 34.9 Å². The molecule has 29 heavy (non-hydrogen) atoms. The van der Waals surface area contributed by atoms with Crippen LogP contribution in [0.15, 0.2) is 60.8 Å². The first-order chi connectivity index (χ1) is 14.0. The Bertz CT molecular complexity index is 1000. The zero-order valence-electron chi connectivity index (χ0n) is 16.0. The minimum absolute atomic E-state index is 0.0119. The van der Waals surface area contributed by atoms with Crippen LogP contribution >= 0.6 is 11.6 Å². The Labute approximate surface area is 173 Å². The highest BCUT2D eigenvalue weighted by Crippen LogP contribution is 2.21. The van der Waals surface area contributed by atoms with Gasteiger partial charge in [0.1, 0.15) is 0 Å². The Kier molecular flexibility index (Phi) is 6.51. The van der Waals surface area contributed by atoms with Gasteiger partial charge in [0.05, 0.1) is 19.0 Å². The normalized spacial score (nSPS) is 11.6. The summed E-state index contributed by atoms with van der Waals surface area (Å²) in [4.78, 5) is 24.8. The number of hydrogen-bond donors (Lipinski definition) is 1. The van der Waals surface area contributed by atoms with Crippen molar-refractivity contribution in [3.05, 3.63) is 77.1 Å². The summed E-state index contributed by atoms with van der Waals surface area (Å²) in [6, 6.07) is 16.4. The Morgan fingerprint density at radius 3 is 2.52 bits per heavy atom. The summed E-state index contributed by atoms with van der Waals surface area (Å²) < 4.78 is 12.0. The number of rotatable bonds is 7. The number of para-hydroxylation sites is 1. The Morgan fingerprint density at radius 2 is 1.83 bits per heavy atom. The number of hydrogen-bond acceptors (Lipinski definition) is 5. The Balaban J connectivity index is 1.65. The fourth-order valence-corrected chi connectivity index (χ4v) is 2.80. The molecule has 1 atom stereocenters. The minimum atomic E-state index is -1.02. The first kappa shape index (κ1) is 20.4. The lowest BCUT2D eigenvalue weighted by molar-refractivity contribution is -0.129. The van der Waals surface area contributed by atoms with Gasteiger partial charge in [0, 0.05) is 11.6 Å². The summed E-state index contributed by atoms with van der Waals surface area (Å²) in [7, 11) is 1.43. The predicted octanol–water partition coefficient (Wildman–Crippen LogP) is 3.40. The van der Waals surface area contributed by atoms with E-state index in [1.807, 2.05) is 36.4 Å². The molecular formula is C21H20ClN3O4. The van der Waals surface area contributed by atoms with Gasteiger partial charge >= 0.3 is 5.97 Å². The fraction of sp³-hybridized carbons (Fsp3) is 0.190. The van der Waals surface area contributed by atoms with Gasteiger partial charge in [-0.1, -0.05) is 48.0 Å². The number of halogens is 1. The first-order valence-corrected chi connectivity index (χ1v) is 9.28. The summed E-state index contributed by atoms with van der Waals surface area (Å²) in [6.07, 6.45) is 0.560. The minimum Gasteiger partial charge on any atom is -0.493 e. The Hall–Kier alpha value is -3.32. The largest absolute Gasteiger partial charge is 0.493 e. The molecule has 7 nitrogen and oxygen atoms in total. The van der Waals surface area contributed by atoms with E-state index in [2.05, 4.69) is 10.4 Å². The zero-order chi connectivity index (χ0) is 20.8. The quantitative estimate of drug-likeness (QED) is 0.600. The van der Waals surface area contributed by atoms with Gasteiger partial charge in [-0.3, -0.25) is 4.79 Å². The average molecular weight is 414 g/mol. The van der Waals surface area contributed by atoms with Gasteiger partial charge in [0.2, 0.25) is 5.69 Å². The number of methoxy groups -OCH3 is 1. The molecule has 150 valence electrons. The van der Waals surface area contributed by atoms with Crippen LogP contribution in [-0.2, 0) is 16.1 Å². The maximum absolute atomic E-state index is 12.5. The molecule has 2 aromatic carbocycles. The highest BCUT2D eigenvalue weighted by atomic mass is 35.5. The molecule has 1 aromatic heterocycles. The molecule has 0 aliphatic carbocycles. The van der Waals surface area contributed by atoms with Crippen molar-refractivity contribution in [1.82, 2.24) is 15.1 Å². The second kappa shape index (κ2) is 9.25. The number of nitrogens with one attached hydrogen (secondary N) is 1. The second-order valence-corrected chi connectivity index (χ2v) is 6.59. The topological polar surface area (TPSA) is 82.5 Å². The van der Waals surface area contributed by atoms with Crippen molar-refractivity contribution in [3.8, 4) is 11.4 Å². The van der Waals surface area contributed by atoms with Crippen molar-refractivity contribution >= 4 is 23.5 Å². The van der Waals surface area contributed by atoms with E-state index in [1.165, 1.54) is 18.7 Å². The van der Waals surface area contributed by atoms with Crippen molar-refractivity contribution < 1.29 is 19.1 Å². The molecule has 0 saturated heterocycles. The molecule has 0 unspecified atom stereocenters. The number of carbonyl (C=O) groups is 2. The fourth-order valence-electron chi connectivity index (χ4n) is 2.60. The number of carbonyl (C=O) groups excluding carboxylic acids is 2. The van der Waals surface area contributed by atoms with Gasteiger partial charge in [0.25, 0.3) is 5.91 Å². The van der Waals surface area contributed by atoms with Crippen LogP contribution in [0.25, 0.3) is 5.69 Å². The van der Waals surface area contributed by atoms with Crippen LogP contribution in [0.5, 0.6) is 5.75 Å². The smallest absolute Gasteiger partial charge is 0.363 e. The zero-order valence-corrected chi connectivity index (χ0v) is 16.7. The van der Waals surface area contributed by atoms with Crippen molar-refractivity contribution in [2.45, 2.75) is 19.6 Å². The van der Waals surface area contributed by atoms with E-state index in [1.54, 1.807) is 24.4 Å². The average Bonchev–Trinajstić information content (AvgIpc) is 3.18. The molecular weight excluding hydrogens is 394 g/mol.